The van der Waals surface area contributed by atoms with Gasteiger partial charge in [0.15, 0.2) is 24.4 Å². The van der Waals surface area contributed by atoms with Gasteiger partial charge >= 0.3 is 71.6 Å². The Hall–Kier alpha value is -7.92. The minimum absolute atomic E-state index is 0. The van der Waals surface area contributed by atoms with E-state index >= 15 is 0 Å². The highest BCUT2D eigenvalue weighted by Gasteiger charge is 2.32. The van der Waals surface area contributed by atoms with Crippen LogP contribution in [0, 0.1) is 0 Å². The van der Waals surface area contributed by atoms with Crippen LogP contribution in [0.2, 0.25) is 0 Å². The van der Waals surface area contributed by atoms with E-state index in [4.69, 9.17) is 81.6 Å². The average molecular weight is 1880 g/mol. The van der Waals surface area contributed by atoms with Crippen molar-refractivity contribution >= 4 is 83.8 Å². The highest BCUT2D eigenvalue weighted by Crippen LogP contribution is 2.12. The molecule has 0 radical (unpaired) electrons. The number of carbonyl (C=O) groups excluding carboxylic acids is 14. The molecule has 36 heteroatoms. The van der Waals surface area contributed by atoms with Gasteiger partial charge in [-0.2, -0.15) is 0 Å². The molecular formula is C93H192N2O34. The van der Waals surface area contributed by atoms with Crippen molar-refractivity contribution in [2.45, 2.75) is 380 Å². The summed E-state index contributed by atoms with van der Waals surface area (Å²) in [6.07, 6.45) is 20.4. The zero-order valence-corrected chi connectivity index (χ0v) is 74.7. The van der Waals surface area contributed by atoms with E-state index in [1.807, 2.05) is 13.8 Å². The summed E-state index contributed by atoms with van der Waals surface area (Å²) in [5.41, 5.74) is 0. The van der Waals surface area contributed by atoms with Gasteiger partial charge < -0.3 is 95.8 Å². The predicted molar refractivity (Wildman–Crippen MR) is 506 cm³/mol. The maximum Gasteiger partial charge on any atom is 0.347 e. The highest BCUT2D eigenvalue weighted by molar-refractivity contribution is 5.87. The van der Waals surface area contributed by atoms with E-state index in [-0.39, 0.29) is 189 Å². The Morgan fingerprint density at radius 2 is 0.667 bits per heavy atom. The van der Waals surface area contributed by atoms with Crippen LogP contribution in [0.3, 0.4) is 0 Å². The SMILES string of the molecule is C.C.C.C.C.C.C.C.C.C.CC.CC1OC(=O)C(C)OC1=O.CCC.CCCCC.COCCO.COCCOC(=O)CCCCCO.COCCOC(=O)CCCCCOC(=O)C(C)O.COCCOC(=O)CCCCCOC(=O)C(C)OC(=O)CCCC(=O)OC(C)C(=O)OCCCCCC(=O)OCCOC.O=C1CCCCCO1.O=C=NCCCCCCN=C=O. The molecule has 0 bridgehead atoms. The number of isocyanates is 2. The number of aliphatic hydroxyl groups is 3. The molecule has 2 rings (SSSR count). The van der Waals surface area contributed by atoms with Crippen LogP contribution < -0.4 is 0 Å². The molecule has 2 saturated heterocycles. The average Bonchev–Trinajstić information content (AvgIpc) is 1.08. The number of hydrogen-bond acceptors (Lipinski definition) is 36. The summed E-state index contributed by atoms with van der Waals surface area (Å²) in [4.78, 5) is 162. The van der Waals surface area contributed by atoms with E-state index in [2.05, 4.69) is 51.9 Å². The lowest BCUT2D eigenvalue weighted by Gasteiger charge is -2.22. The maximum absolute atomic E-state index is 12.0. The molecule has 2 aliphatic rings. The minimum Gasteiger partial charge on any atom is -0.466 e. The van der Waals surface area contributed by atoms with Crippen molar-refractivity contribution < 1.29 is 163 Å². The lowest BCUT2D eigenvalue weighted by atomic mass is 10.2. The zero-order valence-electron chi connectivity index (χ0n) is 74.7. The standard InChI is InChI=1S/C29H48O14.C12H22O6.C9H18O4.C8H12N2O2.C6H8O4.C6H10O2.C5H12.C3H8O2.C3H8.C2H6.10CH4/c1-22(28(34)40-16-9-5-7-12-24(30)38-20-18-36-3)42-26(32)14-11-15-27(33)43-23(2)29(35)41-17-10-6-8-13-25(31)39-21-19-37-4;1-10(13)12(15)18-7-5-3-4-6-11(14)17-9-8-16-2;1-12-7-8-13-9(11)5-3-2-4-6-10;11-7-9-5-3-1-2-4-6-10-8-12;1-3-5(7)10-4(2)6(8)9-3;7-6-4-2-1-3-5-8-6;1-3-5-4-2;1-5-3-2-4;1-3-2;1-2;;;;;;;;;;/h22-23H,5-21H2,1-4H3;10,13H,3-9H2,1-2H3;10H,2-8H2,1H3;1-6H2;3-4H,1-2H3;1-5H2;3-5H2,1-2H3;4H,2-3H2,1H3;3H2,1-2H3;1-2H3;10*1H4. The van der Waals surface area contributed by atoms with Crippen LogP contribution in [-0.4, -0.2) is 277 Å². The van der Waals surface area contributed by atoms with Gasteiger partial charge in [-0.15, -0.1) is 0 Å². The van der Waals surface area contributed by atoms with Crippen LogP contribution in [0.4, 0.5) is 0 Å². The second-order valence-corrected chi connectivity index (χ2v) is 25.4. The summed E-state index contributed by atoms with van der Waals surface area (Å²) >= 11 is 0. The van der Waals surface area contributed by atoms with Crippen LogP contribution in [0.5, 0.6) is 0 Å². The van der Waals surface area contributed by atoms with Crippen molar-refractivity contribution in [2.24, 2.45) is 9.98 Å². The monoisotopic (exact) mass is 1880 g/mol. The molecule has 778 valence electrons. The largest absolute Gasteiger partial charge is 0.466 e. The number of esters is 12. The second-order valence-electron chi connectivity index (χ2n) is 25.4. The number of aliphatic imine (C=N–C) groups is 2. The summed E-state index contributed by atoms with van der Waals surface area (Å²) in [6, 6.07) is 0. The van der Waals surface area contributed by atoms with Crippen molar-refractivity contribution in [1.82, 2.24) is 0 Å². The topological polar surface area (TPSA) is 481 Å². The Morgan fingerprint density at radius 3 is 0.930 bits per heavy atom. The Labute approximate surface area is 781 Å². The fourth-order valence-electron chi connectivity index (χ4n) is 8.02. The third-order valence-corrected chi connectivity index (χ3v) is 14.4. The van der Waals surface area contributed by atoms with Gasteiger partial charge in [0.05, 0.1) is 79.2 Å². The van der Waals surface area contributed by atoms with Crippen molar-refractivity contribution in [3.05, 3.63) is 0 Å². The summed E-state index contributed by atoms with van der Waals surface area (Å²) in [5, 5.41) is 25.3. The zero-order chi connectivity index (χ0) is 91.6. The van der Waals surface area contributed by atoms with Crippen LogP contribution in [0.15, 0.2) is 9.98 Å². The third kappa shape index (κ3) is 141. The van der Waals surface area contributed by atoms with Gasteiger partial charge in [-0.25, -0.2) is 43.5 Å². The molecule has 0 saturated carbocycles. The van der Waals surface area contributed by atoms with Crippen molar-refractivity contribution in [2.75, 3.05) is 148 Å². The molecule has 2 fully saturated rings. The molecule has 5 unspecified atom stereocenters. The third-order valence-electron chi connectivity index (χ3n) is 14.4. The van der Waals surface area contributed by atoms with Gasteiger partial charge in [0.2, 0.25) is 12.2 Å². The lowest BCUT2D eigenvalue weighted by molar-refractivity contribution is -0.191. The van der Waals surface area contributed by atoms with Crippen molar-refractivity contribution in [3.8, 4) is 0 Å². The molecule has 36 nitrogen and oxygen atoms in total. The first-order valence-electron chi connectivity index (χ1n) is 41.6. The summed E-state index contributed by atoms with van der Waals surface area (Å²) in [7, 11) is 7.70. The Bertz CT molecular complexity index is 2410. The maximum atomic E-state index is 12.0. The van der Waals surface area contributed by atoms with Crippen molar-refractivity contribution in [1.29, 1.82) is 0 Å². The molecule has 0 aromatic rings. The van der Waals surface area contributed by atoms with E-state index in [0.29, 0.717) is 130 Å². The van der Waals surface area contributed by atoms with Crippen LogP contribution in [0.25, 0.3) is 0 Å². The molecule has 129 heavy (non-hydrogen) atoms. The molecule has 3 N–H and O–H groups in total. The van der Waals surface area contributed by atoms with E-state index in [9.17, 15) is 67.1 Å². The molecule has 5 atom stereocenters. The molecule has 0 aromatic carbocycles. The Kier molecular flexibility index (Phi) is 173. The number of cyclic esters (lactones) is 3. The van der Waals surface area contributed by atoms with Crippen LogP contribution in [-0.2, 0) is 148 Å². The normalized spacial score (nSPS) is 12.2. The van der Waals surface area contributed by atoms with Crippen LogP contribution >= 0.6 is 0 Å². The van der Waals surface area contributed by atoms with Gasteiger partial charge in [-0.3, -0.25) is 33.6 Å². The van der Waals surface area contributed by atoms with Gasteiger partial charge in [-0.05, 0) is 144 Å². The lowest BCUT2D eigenvalue weighted by Crippen LogP contribution is -2.40. The number of unbranched alkanes of at least 4 members (excludes halogenated alkanes) is 13. The fraction of sp³-hybridized carbons (Fsp3) is 0.849. The molecular weight excluding hydrogens is 1690 g/mol. The van der Waals surface area contributed by atoms with Crippen LogP contribution in [0.1, 0.15) is 349 Å². The first kappa shape index (κ1) is 164. The first-order valence-corrected chi connectivity index (χ1v) is 41.6. The molecule has 0 aliphatic carbocycles. The van der Waals surface area contributed by atoms with E-state index < -0.39 is 72.3 Å². The molecule has 2 aliphatic heterocycles. The number of aliphatic hydroxyl groups excluding tert-OH is 3. The number of hydrogen-bond donors (Lipinski definition) is 3. The smallest absolute Gasteiger partial charge is 0.347 e. The number of nitrogens with zero attached hydrogens (tertiary/aromatic N) is 2. The van der Waals surface area contributed by atoms with Crippen molar-refractivity contribution in [3.63, 3.8) is 0 Å². The summed E-state index contributed by atoms with van der Waals surface area (Å²) in [5.74, 6) is -5.40. The first-order chi connectivity index (χ1) is 57.1. The second kappa shape index (κ2) is 136. The molecule has 0 aromatic heterocycles. The molecule has 2 heterocycles. The van der Waals surface area contributed by atoms with Gasteiger partial charge in [0, 0.05) is 87.1 Å². The number of rotatable bonds is 55. The van der Waals surface area contributed by atoms with Gasteiger partial charge in [0.25, 0.3) is 0 Å². The highest BCUT2D eigenvalue weighted by atomic mass is 16.7. The van der Waals surface area contributed by atoms with Gasteiger partial charge in [0.1, 0.15) is 32.5 Å². The molecule has 0 amide bonds. The molecule has 0 spiro atoms. The Balaban J connectivity index is -0.0000000747. The van der Waals surface area contributed by atoms with Gasteiger partial charge in [-0.1, -0.05) is 161 Å². The quantitative estimate of drug-likeness (QED) is 0.0167. The Morgan fingerprint density at radius 1 is 0.372 bits per heavy atom. The van der Waals surface area contributed by atoms with E-state index in [1.54, 1.807) is 21.3 Å². The number of carbonyl (C=O) groups is 12. The van der Waals surface area contributed by atoms with E-state index in [1.165, 1.54) is 86.7 Å². The summed E-state index contributed by atoms with van der Waals surface area (Å²) in [6.45, 7) is 25.4. The fourth-order valence-corrected chi connectivity index (χ4v) is 8.02. The summed E-state index contributed by atoms with van der Waals surface area (Å²) < 4.78 is 82.1. The number of methoxy groups -OCH3 is 5. The minimum atomic E-state index is -1.11. The van der Waals surface area contributed by atoms with E-state index in [0.717, 1.165) is 70.6 Å². The predicted octanol–water partition coefficient (Wildman–Crippen LogP) is 16.8. The number of ether oxygens (including phenoxy) is 17.